The molecule has 0 aliphatic carbocycles. The fourth-order valence-electron chi connectivity index (χ4n) is 9.72. The molecule has 10 N–H and O–H groups in total. The van der Waals surface area contributed by atoms with Gasteiger partial charge in [0.25, 0.3) is 0 Å². The van der Waals surface area contributed by atoms with Crippen LogP contribution in [0.5, 0.6) is 0 Å². The second-order valence-electron chi connectivity index (χ2n) is 19.7. The van der Waals surface area contributed by atoms with Gasteiger partial charge in [-0.15, -0.1) is 0 Å². The number of nitrogens with zero attached hydrogens (tertiary/aromatic N) is 2. The zero-order valence-electron chi connectivity index (χ0n) is 44.5. The first kappa shape index (κ1) is 57.2. The number of nitrogens with one attached hydrogen (secondary N) is 6. The molecule has 7 aromatic carbocycles. The van der Waals surface area contributed by atoms with E-state index >= 15 is 0 Å². The molecular formula is C64H64N10O7. The monoisotopic (exact) mass is 1080 g/mol. The lowest BCUT2D eigenvalue weighted by Crippen LogP contribution is -2.60. The lowest BCUT2D eigenvalue weighted by Gasteiger charge is -2.29. The number of rotatable bonds is 24. The molecule has 17 nitrogen and oxygen atoms in total. The number of hydrogen-bond acceptors (Lipinski definition) is 10. The molecule has 0 aromatic heterocycles. The molecule has 1 aliphatic heterocycles. The summed E-state index contributed by atoms with van der Waals surface area (Å²) in [5.74, 6) is -4.60. The summed E-state index contributed by atoms with van der Waals surface area (Å²) in [5, 5.41) is 18.0. The van der Waals surface area contributed by atoms with Gasteiger partial charge in [-0.05, 0) is 39.4 Å². The molecule has 17 heteroatoms. The molecule has 0 saturated heterocycles. The summed E-state index contributed by atoms with van der Waals surface area (Å²) in [5.41, 5.74) is 26.7. The average Bonchev–Trinajstić information content (AvgIpc) is 3.53. The van der Waals surface area contributed by atoms with Crippen molar-refractivity contribution in [1.82, 2.24) is 26.6 Å². The van der Waals surface area contributed by atoms with Crippen molar-refractivity contribution in [2.75, 3.05) is 4.90 Å². The van der Waals surface area contributed by atoms with Crippen LogP contribution in [-0.4, -0.2) is 71.6 Å². The van der Waals surface area contributed by atoms with E-state index < -0.39 is 71.6 Å². The molecule has 5 atom stereocenters. The summed E-state index contributed by atoms with van der Waals surface area (Å²) in [4.78, 5) is 101. The van der Waals surface area contributed by atoms with Gasteiger partial charge in [-0.3, -0.25) is 33.6 Å². The number of carbonyl (C=O) groups is 7. The molecule has 81 heavy (non-hydrogen) atoms. The molecule has 7 amide bonds. The third-order valence-corrected chi connectivity index (χ3v) is 13.9. The van der Waals surface area contributed by atoms with Crippen LogP contribution < -0.4 is 43.0 Å². The number of nitrogens with two attached hydrogens (primary N) is 2. The van der Waals surface area contributed by atoms with E-state index in [1.54, 1.807) is 140 Å². The highest BCUT2D eigenvalue weighted by atomic mass is 16.2. The molecule has 0 saturated carbocycles. The van der Waals surface area contributed by atoms with Crippen molar-refractivity contribution in [2.45, 2.75) is 81.7 Å². The van der Waals surface area contributed by atoms with Gasteiger partial charge in [0.1, 0.15) is 35.9 Å². The predicted molar refractivity (Wildman–Crippen MR) is 309 cm³/mol. The third-order valence-electron chi connectivity index (χ3n) is 13.9. The van der Waals surface area contributed by atoms with Gasteiger partial charge in [-0.25, -0.2) is 5.53 Å². The fraction of sp³-hybridized carbons (Fsp3) is 0.203. The molecule has 1 aliphatic rings. The zero-order valence-corrected chi connectivity index (χ0v) is 44.5. The molecule has 5 unspecified atom stereocenters. The summed E-state index contributed by atoms with van der Waals surface area (Å²) in [6.45, 7) is 0.119. The van der Waals surface area contributed by atoms with E-state index in [0.29, 0.717) is 50.3 Å². The van der Waals surface area contributed by atoms with Crippen molar-refractivity contribution in [1.29, 1.82) is 5.53 Å². The van der Waals surface area contributed by atoms with Crippen LogP contribution in [0.2, 0.25) is 0 Å². The van der Waals surface area contributed by atoms with E-state index in [-0.39, 0.29) is 57.2 Å². The standard InChI is InChI=1S/C64H64N10O7/c65-58-48-31-17-16-30-47(48)41-74(55-33-19-18-32-49(55)59(58)73-67)57(76)35-34-56(75)68-51(37-43-22-8-2-9-23-43)61(78)70-53(39-45-26-12-4-13-27-45)63(80)72-54(40-46-28-14-5-15-29-46)64(81)71-52(38-44-24-10-3-11-25-44)62(79)69-50(60(66)77)36-42-20-6-1-7-21-42/h1-33,50-54,67H,34-41,65H2,(H2,66,77)(H,68,75)(H,69,79)(H,70,78)(H,71,81)(H,72,80)/b59-58-,73-67?. The van der Waals surface area contributed by atoms with Crippen molar-refractivity contribution in [3.63, 3.8) is 0 Å². The number of amides is 7. The van der Waals surface area contributed by atoms with Gasteiger partial charge in [-0.2, -0.15) is 5.11 Å². The minimum Gasteiger partial charge on any atom is -0.396 e. The van der Waals surface area contributed by atoms with E-state index in [1.165, 1.54) is 4.90 Å². The van der Waals surface area contributed by atoms with Crippen molar-refractivity contribution >= 4 is 58.4 Å². The summed E-state index contributed by atoms with van der Waals surface area (Å²) in [6, 6.07) is 53.1. The first-order valence-electron chi connectivity index (χ1n) is 26.7. The lowest BCUT2D eigenvalue weighted by atomic mass is 9.96. The SMILES string of the molecule is N=N/C1=C(\N)c2ccccc2CN(C(=O)CCC(=O)NC(Cc2ccccc2)C(=O)NC(Cc2ccccc2)C(=O)NC(Cc2ccccc2)C(=O)NC(Cc2ccccc2)C(=O)NC(Cc2ccccc2)C(N)=O)c2ccccc21. The highest BCUT2D eigenvalue weighted by molar-refractivity contribution is 6.02. The topological polar surface area (TPSA) is 271 Å². The van der Waals surface area contributed by atoms with Gasteiger partial charge < -0.3 is 43.0 Å². The second kappa shape index (κ2) is 28.0. The Kier molecular flexibility index (Phi) is 19.8. The first-order chi connectivity index (χ1) is 39.3. The van der Waals surface area contributed by atoms with Crippen LogP contribution >= 0.6 is 0 Å². The summed E-state index contributed by atoms with van der Waals surface area (Å²) in [6.07, 6.45) is -0.467. The predicted octanol–water partition coefficient (Wildman–Crippen LogP) is 6.25. The Labute approximate surface area is 470 Å². The Hall–Kier alpha value is -10.0. The van der Waals surface area contributed by atoms with E-state index in [2.05, 4.69) is 31.7 Å². The molecule has 0 spiro atoms. The van der Waals surface area contributed by atoms with Crippen LogP contribution in [0, 0.1) is 5.53 Å². The Morgan fingerprint density at radius 2 is 0.765 bits per heavy atom. The summed E-state index contributed by atoms with van der Waals surface area (Å²) < 4.78 is 0. The van der Waals surface area contributed by atoms with Crippen LogP contribution in [0.25, 0.3) is 11.4 Å². The average molecular weight is 1090 g/mol. The van der Waals surface area contributed by atoms with Crippen LogP contribution in [0.15, 0.2) is 205 Å². The number of benzene rings is 7. The Morgan fingerprint density at radius 1 is 0.432 bits per heavy atom. The molecule has 7 aromatic rings. The molecular weight excluding hydrogens is 1020 g/mol. The van der Waals surface area contributed by atoms with Gasteiger partial charge in [0.2, 0.25) is 41.4 Å². The highest BCUT2D eigenvalue weighted by Crippen LogP contribution is 2.37. The van der Waals surface area contributed by atoms with Crippen molar-refractivity contribution in [2.24, 2.45) is 16.6 Å². The molecule has 8 rings (SSSR count). The van der Waals surface area contributed by atoms with Crippen molar-refractivity contribution in [3.8, 4) is 0 Å². The Balaban J connectivity index is 1.03. The van der Waals surface area contributed by atoms with E-state index in [0.717, 1.165) is 5.56 Å². The fourth-order valence-corrected chi connectivity index (χ4v) is 9.72. The molecule has 1 heterocycles. The number of carbonyl (C=O) groups excluding carboxylic acids is 7. The number of primary amides is 1. The lowest BCUT2D eigenvalue weighted by molar-refractivity contribution is -0.135. The highest BCUT2D eigenvalue weighted by Gasteiger charge is 2.34. The maximum atomic E-state index is 14.9. The largest absolute Gasteiger partial charge is 0.396 e. The third kappa shape index (κ3) is 15.8. The number of fused-ring (bicyclic) bond motifs is 2. The maximum absolute atomic E-state index is 14.9. The number of hydrogen-bond donors (Lipinski definition) is 8. The minimum absolute atomic E-state index is 0.0152. The summed E-state index contributed by atoms with van der Waals surface area (Å²) >= 11 is 0. The first-order valence-corrected chi connectivity index (χ1v) is 26.7. The van der Waals surface area contributed by atoms with Gasteiger partial charge in [-0.1, -0.05) is 194 Å². The number of para-hydroxylation sites is 1. The minimum atomic E-state index is -1.31. The Morgan fingerprint density at radius 3 is 1.16 bits per heavy atom. The molecule has 0 fully saturated rings. The van der Waals surface area contributed by atoms with Gasteiger partial charge in [0.05, 0.1) is 17.9 Å². The molecule has 0 radical (unpaired) electrons. The van der Waals surface area contributed by atoms with Gasteiger partial charge in [0.15, 0.2) is 0 Å². The van der Waals surface area contributed by atoms with Crippen molar-refractivity contribution < 1.29 is 33.6 Å². The van der Waals surface area contributed by atoms with Gasteiger partial charge in [0, 0.05) is 56.1 Å². The molecule has 0 bridgehead atoms. The van der Waals surface area contributed by atoms with Crippen LogP contribution in [-0.2, 0) is 72.2 Å². The Bertz CT molecular complexity index is 3370. The quantitative estimate of drug-likeness (QED) is 0.0320. The maximum Gasteiger partial charge on any atom is 0.243 e. The van der Waals surface area contributed by atoms with E-state index in [9.17, 15) is 33.6 Å². The smallest absolute Gasteiger partial charge is 0.243 e. The summed E-state index contributed by atoms with van der Waals surface area (Å²) in [7, 11) is 0. The van der Waals surface area contributed by atoms with E-state index in [4.69, 9.17) is 17.0 Å². The second-order valence-corrected chi connectivity index (χ2v) is 19.7. The van der Waals surface area contributed by atoms with Crippen LogP contribution in [0.4, 0.5) is 5.69 Å². The van der Waals surface area contributed by atoms with E-state index in [1.807, 2.05) is 60.7 Å². The van der Waals surface area contributed by atoms with Crippen LogP contribution in [0.1, 0.15) is 57.3 Å². The molecule has 412 valence electrons. The van der Waals surface area contributed by atoms with Crippen molar-refractivity contribution in [3.05, 3.63) is 245 Å². The number of anilines is 1. The van der Waals surface area contributed by atoms with Gasteiger partial charge >= 0.3 is 0 Å². The normalized spacial score (nSPS) is 14.5. The zero-order chi connectivity index (χ0) is 57.1. The van der Waals surface area contributed by atoms with Crippen LogP contribution in [0.3, 0.4) is 0 Å².